The SMILES string of the molecule is CCN(CC(=O)OC)c1cc(OC)ncn1. The number of likely N-dealkylation sites (N-methyl/N-ethyl adjacent to an activating group) is 1. The molecule has 0 radical (unpaired) electrons. The number of esters is 1. The Morgan fingerprint density at radius 2 is 2.19 bits per heavy atom. The number of hydrogen-bond donors (Lipinski definition) is 0. The van der Waals surface area contributed by atoms with E-state index in [4.69, 9.17) is 4.74 Å². The van der Waals surface area contributed by atoms with Crippen molar-refractivity contribution >= 4 is 11.8 Å². The van der Waals surface area contributed by atoms with Crippen LogP contribution in [-0.2, 0) is 9.53 Å². The fourth-order valence-corrected chi connectivity index (χ4v) is 1.19. The topological polar surface area (TPSA) is 64.6 Å². The van der Waals surface area contributed by atoms with Crippen LogP contribution < -0.4 is 9.64 Å². The summed E-state index contributed by atoms with van der Waals surface area (Å²) in [7, 11) is 2.89. The van der Waals surface area contributed by atoms with Crippen LogP contribution >= 0.6 is 0 Å². The Kier molecular flexibility index (Phi) is 4.50. The molecule has 0 aliphatic rings. The standard InChI is InChI=1S/C10H15N3O3/c1-4-13(6-10(14)16-3)8-5-9(15-2)12-7-11-8/h5,7H,4,6H2,1-3H3. The summed E-state index contributed by atoms with van der Waals surface area (Å²) in [5.41, 5.74) is 0. The highest BCUT2D eigenvalue weighted by Gasteiger charge is 2.12. The highest BCUT2D eigenvalue weighted by Crippen LogP contribution is 2.14. The molecule has 16 heavy (non-hydrogen) atoms. The second-order valence-corrected chi connectivity index (χ2v) is 3.01. The minimum Gasteiger partial charge on any atom is -0.481 e. The summed E-state index contributed by atoms with van der Waals surface area (Å²) >= 11 is 0. The molecule has 0 saturated heterocycles. The first-order valence-corrected chi connectivity index (χ1v) is 4.89. The van der Waals surface area contributed by atoms with Crippen molar-refractivity contribution in [3.8, 4) is 5.88 Å². The minimum absolute atomic E-state index is 0.160. The van der Waals surface area contributed by atoms with E-state index in [0.717, 1.165) is 0 Å². The van der Waals surface area contributed by atoms with E-state index in [1.807, 2.05) is 6.92 Å². The number of ether oxygens (including phenoxy) is 2. The molecule has 0 spiro atoms. The Labute approximate surface area is 94.2 Å². The van der Waals surface area contributed by atoms with Gasteiger partial charge in [-0.05, 0) is 6.92 Å². The molecular formula is C10H15N3O3. The zero-order valence-corrected chi connectivity index (χ0v) is 9.64. The summed E-state index contributed by atoms with van der Waals surface area (Å²) < 4.78 is 9.59. The van der Waals surface area contributed by atoms with Crippen molar-refractivity contribution in [2.75, 3.05) is 32.2 Å². The molecule has 0 fully saturated rings. The molecule has 0 bridgehead atoms. The van der Waals surface area contributed by atoms with Crippen molar-refractivity contribution in [2.45, 2.75) is 6.92 Å². The Morgan fingerprint density at radius 1 is 1.44 bits per heavy atom. The van der Waals surface area contributed by atoms with Crippen LogP contribution in [0.3, 0.4) is 0 Å². The first kappa shape index (κ1) is 12.2. The number of aromatic nitrogens is 2. The molecule has 0 amide bonds. The molecule has 6 nitrogen and oxygen atoms in total. The fourth-order valence-electron chi connectivity index (χ4n) is 1.19. The molecule has 1 heterocycles. The van der Waals surface area contributed by atoms with Crippen LogP contribution in [-0.4, -0.2) is 43.2 Å². The Hall–Kier alpha value is -1.85. The molecule has 1 aromatic heterocycles. The van der Waals surface area contributed by atoms with E-state index in [1.54, 1.807) is 11.0 Å². The predicted molar refractivity (Wildman–Crippen MR) is 58.5 cm³/mol. The van der Waals surface area contributed by atoms with Gasteiger partial charge in [0.05, 0.1) is 14.2 Å². The molecule has 0 unspecified atom stereocenters. The van der Waals surface area contributed by atoms with Crippen LogP contribution in [0, 0.1) is 0 Å². The number of carbonyl (C=O) groups is 1. The number of anilines is 1. The molecule has 1 aromatic rings. The Balaban J connectivity index is 2.81. The summed E-state index contributed by atoms with van der Waals surface area (Å²) in [6, 6.07) is 1.67. The van der Waals surface area contributed by atoms with Gasteiger partial charge in [-0.1, -0.05) is 0 Å². The lowest BCUT2D eigenvalue weighted by atomic mass is 10.4. The predicted octanol–water partition coefficient (Wildman–Crippen LogP) is 0.484. The molecule has 1 rings (SSSR count). The van der Waals surface area contributed by atoms with Gasteiger partial charge >= 0.3 is 5.97 Å². The maximum atomic E-state index is 11.2. The van der Waals surface area contributed by atoms with E-state index >= 15 is 0 Å². The zero-order chi connectivity index (χ0) is 12.0. The highest BCUT2D eigenvalue weighted by atomic mass is 16.5. The van der Waals surface area contributed by atoms with Crippen LogP contribution in [0.15, 0.2) is 12.4 Å². The van der Waals surface area contributed by atoms with E-state index in [9.17, 15) is 4.79 Å². The highest BCUT2D eigenvalue weighted by molar-refractivity contribution is 5.75. The maximum Gasteiger partial charge on any atom is 0.325 e. The molecule has 88 valence electrons. The summed E-state index contributed by atoms with van der Waals surface area (Å²) in [4.78, 5) is 20.9. The van der Waals surface area contributed by atoms with E-state index in [0.29, 0.717) is 18.2 Å². The molecule has 0 aromatic carbocycles. The summed E-state index contributed by atoms with van der Waals surface area (Å²) in [5, 5.41) is 0. The van der Waals surface area contributed by atoms with Gasteiger partial charge in [0.1, 0.15) is 18.7 Å². The average molecular weight is 225 g/mol. The summed E-state index contributed by atoms with van der Waals surface area (Å²) in [5.74, 6) is 0.799. The third-order valence-corrected chi connectivity index (χ3v) is 2.09. The van der Waals surface area contributed by atoms with Gasteiger partial charge in [-0.15, -0.1) is 0 Å². The van der Waals surface area contributed by atoms with Crippen molar-refractivity contribution < 1.29 is 14.3 Å². The maximum absolute atomic E-state index is 11.2. The zero-order valence-electron chi connectivity index (χ0n) is 9.64. The second kappa shape index (κ2) is 5.89. The molecule has 0 saturated carbocycles. The van der Waals surface area contributed by atoms with Gasteiger partial charge in [0.25, 0.3) is 0 Å². The summed E-state index contributed by atoms with van der Waals surface area (Å²) in [6.07, 6.45) is 1.40. The van der Waals surface area contributed by atoms with Gasteiger partial charge in [0.2, 0.25) is 5.88 Å². The van der Waals surface area contributed by atoms with Crippen LogP contribution in [0.2, 0.25) is 0 Å². The number of hydrogen-bond acceptors (Lipinski definition) is 6. The Morgan fingerprint density at radius 3 is 2.75 bits per heavy atom. The van der Waals surface area contributed by atoms with Crippen LogP contribution in [0.4, 0.5) is 5.82 Å². The normalized spacial score (nSPS) is 9.69. The van der Waals surface area contributed by atoms with Gasteiger partial charge in [0, 0.05) is 12.6 Å². The first-order valence-electron chi connectivity index (χ1n) is 4.89. The third-order valence-electron chi connectivity index (χ3n) is 2.09. The van der Waals surface area contributed by atoms with E-state index < -0.39 is 0 Å². The van der Waals surface area contributed by atoms with E-state index in [2.05, 4.69) is 14.7 Å². The van der Waals surface area contributed by atoms with E-state index in [-0.39, 0.29) is 12.5 Å². The largest absolute Gasteiger partial charge is 0.481 e. The molecular weight excluding hydrogens is 210 g/mol. The van der Waals surface area contributed by atoms with Crippen molar-refractivity contribution in [1.82, 2.24) is 9.97 Å². The number of carbonyl (C=O) groups excluding carboxylic acids is 1. The van der Waals surface area contributed by atoms with Gasteiger partial charge in [0.15, 0.2) is 0 Å². The van der Waals surface area contributed by atoms with E-state index in [1.165, 1.54) is 20.5 Å². The minimum atomic E-state index is -0.306. The quantitative estimate of drug-likeness (QED) is 0.679. The fraction of sp³-hybridized carbons (Fsp3) is 0.500. The van der Waals surface area contributed by atoms with Crippen molar-refractivity contribution in [3.05, 3.63) is 12.4 Å². The van der Waals surface area contributed by atoms with Crippen LogP contribution in [0.5, 0.6) is 5.88 Å². The van der Waals surface area contributed by atoms with Gasteiger partial charge in [-0.25, -0.2) is 9.97 Å². The third kappa shape index (κ3) is 3.08. The van der Waals surface area contributed by atoms with Crippen molar-refractivity contribution in [2.24, 2.45) is 0 Å². The number of nitrogens with zero attached hydrogens (tertiary/aromatic N) is 3. The van der Waals surface area contributed by atoms with Gasteiger partial charge < -0.3 is 14.4 Å². The first-order chi connectivity index (χ1) is 7.71. The lowest BCUT2D eigenvalue weighted by Gasteiger charge is -2.20. The molecule has 6 heteroatoms. The van der Waals surface area contributed by atoms with Crippen molar-refractivity contribution in [1.29, 1.82) is 0 Å². The van der Waals surface area contributed by atoms with Gasteiger partial charge in [-0.2, -0.15) is 0 Å². The van der Waals surface area contributed by atoms with Crippen molar-refractivity contribution in [3.63, 3.8) is 0 Å². The van der Waals surface area contributed by atoms with Crippen LogP contribution in [0.25, 0.3) is 0 Å². The molecule has 0 aliphatic heterocycles. The van der Waals surface area contributed by atoms with Crippen LogP contribution in [0.1, 0.15) is 6.92 Å². The molecule has 0 aliphatic carbocycles. The molecule has 0 atom stereocenters. The second-order valence-electron chi connectivity index (χ2n) is 3.01. The Bertz CT molecular complexity index is 357. The number of methoxy groups -OCH3 is 2. The average Bonchev–Trinajstić information content (AvgIpc) is 2.35. The smallest absolute Gasteiger partial charge is 0.325 e. The monoisotopic (exact) mass is 225 g/mol. The lowest BCUT2D eigenvalue weighted by molar-refractivity contribution is -0.138. The lowest BCUT2D eigenvalue weighted by Crippen LogP contribution is -2.31. The number of rotatable bonds is 5. The molecule has 0 N–H and O–H groups in total. The van der Waals surface area contributed by atoms with Gasteiger partial charge in [-0.3, -0.25) is 4.79 Å². The summed E-state index contributed by atoms with van der Waals surface area (Å²) in [6.45, 7) is 2.74.